The molecule has 5 heteroatoms. The van der Waals surface area contributed by atoms with E-state index >= 15 is 0 Å². The monoisotopic (exact) mass is 297 g/mol. The molecular weight excluding hydrogens is 273 g/mol. The molecule has 0 spiro atoms. The van der Waals surface area contributed by atoms with Crippen molar-refractivity contribution in [1.29, 1.82) is 0 Å². The first kappa shape index (κ1) is 17.4. The molecule has 0 aliphatic carbocycles. The number of rotatable bonds is 7. The van der Waals surface area contributed by atoms with Gasteiger partial charge in [-0.05, 0) is 36.0 Å². The van der Waals surface area contributed by atoms with Gasteiger partial charge in [-0.25, -0.2) is 4.39 Å². The van der Waals surface area contributed by atoms with Crippen molar-refractivity contribution in [3.8, 4) is 5.75 Å². The van der Waals surface area contributed by atoms with E-state index in [1.54, 1.807) is 6.07 Å². The standard InChI is InChI=1S/C16H24FNO3/c1-16(2,3)8-7-13(15(19)20)18-10-11-5-6-14(21-4)12(17)9-11/h5-6,9,13,18H,7-8,10H2,1-4H3,(H,19,20). The molecular formula is C16H24FNO3. The number of methoxy groups -OCH3 is 1. The number of hydrogen-bond acceptors (Lipinski definition) is 3. The van der Waals surface area contributed by atoms with Crippen LogP contribution in [0, 0.1) is 11.2 Å². The van der Waals surface area contributed by atoms with E-state index in [9.17, 15) is 14.3 Å². The van der Waals surface area contributed by atoms with Crippen molar-refractivity contribution in [1.82, 2.24) is 5.32 Å². The molecule has 0 aliphatic rings. The lowest BCUT2D eigenvalue weighted by atomic mass is 9.88. The van der Waals surface area contributed by atoms with E-state index in [1.807, 2.05) is 0 Å². The van der Waals surface area contributed by atoms with Crippen LogP contribution in [-0.2, 0) is 11.3 Å². The number of carboxylic acids is 1. The number of carboxylic acid groups (broad SMARTS) is 1. The Hall–Kier alpha value is -1.62. The third-order valence-corrected chi connectivity index (χ3v) is 3.25. The molecule has 21 heavy (non-hydrogen) atoms. The van der Waals surface area contributed by atoms with Gasteiger partial charge >= 0.3 is 5.97 Å². The second kappa shape index (κ2) is 7.41. The highest BCUT2D eigenvalue weighted by atomic mass is 19.1. The fourth-order valence-corrected chi connectivity index (χ4v) is 1.95. The van der Waals surface area contributed by atoms with Crippen LogP contribution in [0.1, 0.15) is 39.2 Å². The first-order chi connectivity index (χ1) is 9.73. The van der Waals surface area contributed by atoms with Gasteiger partial charge in [0.05, 0.1) is 7.11 Å². The highest BCUT2D eigenvalue weighted by Gasteiger charge is 2.20. The summed E-state index contributed by atoms with van der Waals surface area (Å²) < 4.78 is 18.4. The summed E-state index contributed by atoms with van der Waals surface area (Å²) in [6.07, 6.45) is 1.34. The van der Waals surface area contributed by atoms with Crippen molar-refractivity contribution in [3.63, 3.8) is 0 Å². The van der Waals surface area contributed by atoms with Crippen molar-refractivity contribution in [3.05, 3.63) is 29.6 Å². The molecule has 0 saturated carbocycles. The van der Waals surface area contributed by atoms with E-state index in [-0.39, 0.29) is 11.2 Å². The van der Waals surface area contributed by atoms with Gasteiger partial charge < -0.3 is 15.2 Å². The highest BCUT2D eigenvalue weighted by molar-refractivity contribution is 5.73. The zero-order valence-corrected chi connectivity index (χ0v) is 13.1. The topological polar surface area (TPSA) is 58.6 Å². The van der Waals surface area contributed by atoms with Crippen LogP contribution in [0.5, 0.6) is 5.75 Å². The summed E-state index contributed by atoms with van der Waals surface area (Å²) in [6.45, 7) is 6.53. The van der Waals surface area contributed by atoms with Gasteiger partial charge in [0, 0.05) is 6.54 Å². The molecule has 1 aromatic carbocycles. The molecule has 0 amide bonds. The van der Waals surface area contributed by atoms with Crippen LogP contribution in [0.3, 0.4) is 0 Å². The van der Waals surface area contributed by atoms with Crippen LogP contribution in [0.4, 0.5) is 4.39 Å². The lowest BCUT2D eigenvalue weighted by molar-refractivity contribution is -0.139. The molecule has 0 fully saturated rings. The quantitative estimate of drug-likeness (QED) is 0.811. The van der Waals surface area contributed by atoms with Crippen molar-refractivity contribution in [2.45, 2.75) is 46.2 Å². The molecule has 0 aliphatic heterocycles. The normalized spacial score (nSPS) is 13.0. The SMILES string of the molecule is COc1ccc(CNC(CCC(C)(C)C)C(=O)O)cc1F. The molecule has 0 radical (unpaired) electrons. The minimum absolute atomic E-state index is 0.0849. The van der Waals surface area contributed by atoms with E-state index < -0.39 is 17.8 Å². The smallest absolute Gasteiger partial charge is 0.320 e. The summed E-state index contributed by atoms with van der Waals surface area (Å²) in [5.41, 5.74) is 0.775. The summed E-state index contributed by atoms with van der Waals surface area (Å²) in [4.78, 5) is 11.2. The molecule has 0 bridgehead atoms. The van der Waals surface area contributed by atoms with E-state index in [2.05, 4.69) is 26.1 Å². The summed E-state index contributed by atoms with van der Waals surface area (Å²) in [7, 11) is 1.41. The van der Waals surface area contributed by atoms with Crippen molar-refractivity contribution >= 4 is 5.97 Å². The summed E-state index contributed by atoms with van der Waals surface area (Å²) in [5, 5.41) is 12.2. The van der Waals surface area contributed by atoms with Crippen molar-refractivity contribution < 1.29 is 19.0 Å². The van der Waals surface area contributed by atoms with Gasteiger partial charge in [-0.1, -0.05) is 26.8 Å². The average Bonchev–Trinajstić information content (AvgIpc) is 2.37. The first-order valence-corrected chi connectivity index (χ1v) is 7.01. The van der Waals surface area contributed by atoms with Crippen LogP contribution in [0.15, 0.2) is 18.2 Å². The number of hydrogen-bond donors (Lipinski definition) is 2. The molecule has 1 rings (SSSR count). The maximum Gasteiger partial charge on any atom is 0.320 e. The number of benzene rings is 1. The zero-order valence-electron chi connectivity index (χ0n) is 13.1. The Bertz CT molecular complexity index is 483. The molecule has 118 valence electrons. The number of halogens is 1. The van der Waals surface area contributed by atoms with Gasteiger partial charge in [-0.3, -0.25) is 4.79 Å². The zero-order chi connectivity index (χ0) is 16.0. The van der Waals surface area contributed by atoms with E-state index in [0.29, 0.717) is 18.5 Å². The Kier molecular flexibility index (Phi) is 6.15. The van der Waals surface area contributed by atoms with Crippen LogP contribution in [0.2, 0.25) is 0 Å². The molecule has 4 nitrogen and oxygen atoms in total. The molecule has 1 atom stereocenters. The number of nitrogens with one attached hydrogen (secondary N) is 1. The van der Waals surface area contributed by atoms with Crippen molar-refractivity contribution in [2.24, 2.45) is 5.41 Å². The summed E-state index contributed by atoms with van der Waals surface area (Å²) in [5.74, 6) is -1.15. The molecule has 2 N–H and O–H groups in total. The summed E-state index contributed by atoms with van der Waals surface area (Å²) in [6, 6.07) is 3.98. The lowest BCUT2D eigenvalue weighted by Gasteiger charge is -2.21. The Morgan fingerprint density at radius 3 is 2.57 bits per heavy atom. The fraction of sp³-hybridized carbons (Fsp3) is 0.562. The van der Waals surface area contributed by atoms with Crippen LogP contribution < -0.4 is 10.1 Å². The van der Waals surface area contributed by atoms with Gasteiger partial charge in [0.15, 0.2) is 11.6 Å². The Morgan fingerprint density at radius 1 is 1.43 bits per heavy atom. The maximum atomic E-state index is 13.6. The van der Waals surface area contributed by atoms with E-state index in [4.69, 9.17) is 4.74 Å². The van der Waals surface area contributed by atoms with Crippen LogP contribution in [-0.4, -0.2) is 24.2 Å². The fourth-order valence-electron chi connectivity index (χ4n) is 1.95. The number of ether oxygens (including phenoxy) is 1. The average molecular weight is 297 g/mol. The van der Waals surface area contributed by atoms with Crippen molar-refractivity contribution in [2.75, 3.05) is 7.11 Å². The number of carbonyl (C=O) groups is 1. The minimum atomic E-state index is -0.881. The molecule has 0 heterocycles. The second-order valence-electron chi connectivity index (χ2n) is 6.34. The van der Waals surface area contributed by atoms with Gasteiger partial charge in [0.2, 0.25) is 0 Å². The molecule has 0 aromatic heterocycles. The van der Waals surface area contributed by atoms with E-state index in [0.717, 1.165) is 6.42 Å². The Balaban J connectivity index is 2.61. The lowest BCUT2D eigenvalue weighted by Crippen LogP contribution is -2.37. The summed E-state index contributed by atoms with van der Waals surface area (Å²) >= 11 is 0. The molecule has 1 unspecified atom stereocenters. The maximum absolute atomic E-state index is 13.6. The number of aliphatic carboxylic acids is 1. The van der Waals surface area contributed by atoms with E-state index in [1.165, 1.54) is 19.2 Å². The highest BCUT2D eigenvalue weighted by Crippen LogP contribution is 2.22. The predicted molar refractivity (Wildman–Crippen MR) is 79.9 cm³/mol. The second-order valence-corrected chi connectivity index (χ2v) is 6.34. The Labute approximate surface area is 125 Å². The van der Waals surface area contributed by atoms with Gasteiger partial charge in [-0.2, -0.15) is 0 Å². The van der Waals surface area contributed by atoms with Gasteiger partial charge in [-0.15, -0.1) is 0 Å². The largest absolute Gasteiger partial charge is 0.494 e. The first-order valence-electron chi connectivity index (χ1n) is 7.01. The Morgan fingerprint density at radius 2 is 2.10 bits per heavy atom. The van der Waals surface area contributed by atoms with Gasteiger partial charge in [0.25, 0.3) is 0 Å². The minimum Gasteiger partial charge on any atom is -0.494 e. The predicted octanol–water partition coefficient (Wildman–Crippen LogP) is 3.20. The van der Waals surface area contributed by atoms with Gasteiger partial charge in [0.1, 0.15) is 6.04 Å². The third kappa shape index (κ3) is 6.12. The third-order valence-electron chi connectivity index (χ3n) is 3.25. The van der Waals surface area contributed by atoms with Crippen LogP contribution in [0.25, 0.3) is 0 Å². The molecule has 0 saturated heterocycles. The molecule has 1 aromatic rings. The van der Waals surface area contributed by atoms with Crippen LogP contribution >= 0.6 is 0 Å².